The maximum absolute atomic E-state index is 15.5. The van der Waals surface area contributed by atoms with Crippen molar-refractivity contribution < 1.29 is 28.4 Å². The molecule has 0 saturated carbocycles. The first-order valence-electron chi connectivity index (χ1n) is 23.2. The van der Waals surface area contributed by atoms with Crippen molar-refractivity contribution >= 4 is 29.5 Å². The average molecular weight is 900 g/mol. The van der Waals surface area contributed by atoms with Gasteiger partial charge in [-0.3, -0.25) is 24.0 Å². The summed E-state index contributed by atoms with van der Waals surface area (Å²) in [5.74, 6) is -2.17. The maximum Gasteiger partial charge on any atom is 0.251 e. The number of carbonyl (C=O) groups excluding carboxylic acids is 5. The highest BCUT2D eigenvalue weighted by Gasteiger charge is 2.45. The molecule has 7 atom stereocenters. The number of benzene rings is 4. The Bertz CT molecular complexity index is 2440. The molecule has 5 amide bonds. The van der Waals surface area contributed by atoms with Gasteiger partial charge in [0, 0.05) is 43.2 Å². The van der Waals surface area contributed by atoms with E-state index in [9.17, 15) is 19.2 Å². The molecule has 0 radical (unpaired) electrons. The first-order chi connectivity index (χ1) is 31.2. The van der Waals surface area contributed by atoms with Crippen molar-refractivity contribution in [3.05, 3.63) is 142 Å². The summed E-state index contributed by atoms with van der Waals surface area (Å²) in [6, 6.07) is 24.1. The molecule has 13 heteroatoms. The van der Waals surface area contributed by atoms with E-state index in [2.05, 4.69) is 16.7 Å². The van der Waals surface area contributed by atoms with Gasteiger partial charge in [-0.1, -0.05) is 120 Å². The lowest BCUT2D eigenvalue weighted by Crippen LogP contribution is -2.59. The summed E-state index contributed by atoms with van der Waals surface area (Å²) >= 11 is 0. The number of amides is 5. The van der Waals surface area contributed by atoms with E-state index >= 15 is 9.18 Å². The summed E-state index contributed by atoms with van der Waals surface area (Å²) in [4.78, 5) is 75.8. The van der Waals surface area contributed by atoms with Crippen molar-refractivity contribution in [2.45, 2.75) is 136 Å². The highest BCUT2D eigenvalue weighted by atomic mass is 19.1. The minimum Gasteiger partial charge on any atom is -0.347 e. The van der Waals surface area contributed by atoms with Crippen LogP contribution in [0.4, 0.5) is 4.39 Å². The number of hydrogen-bond acceptors (Lipinski definition) is 7. The highest BCUT2D eigenvalue weighted by Crippen LogP contribution is 2.34. The number of nitrogens with one attached hydrogen (secondary N) is 2. The monoisotopic (exact) mass is 900 g/mol. The molecule has 1 aliphatic carbocycles. The number of hydrogen-bond donors (Lipinski definition) is 4. The van der Waals surface area contributed by atoms with E-state index in [-0.39, 0.29) is 68.1 Å². The van der Waals surface area contributed by atoms with Crippen LogP contribution in [0.25, 0.3) is 0 Å². The average Bonchev–Trinajstić information content (AvgIpc) is 3.72. The molecule has 2 aliphatic heterocycles. The van der Waals surface area contributed by atoms with Crippen molar-refractivity contribution in [1.29, 1.82) is 0 Å². The number of aryl methyl sites for hydroxylation is 1. The van der Waals surface area contributed by atoms with Crippen LogP contribution in [0.2, 0.25) is 0 Å². The quantitative estimate of drug-likeness (QED) is 0.133. The lowest BCUT2D eigenvalue weighted by molar-refractivity contribution is -0.151. The van der Waals surface area contributed by atoms with Gasteiger partial charge in [-0.25, -0.2) is 4.39 Å². The second-order valence-corrected chi connectivity index (χ2v) is 20.6. The predicted octanol–water partition coefficient (Wildman–Crippen LogP) is 6.51. The van der Waals surface area contributed by atoms with Crippen LogP contribution in [0, 0.1) is 16.6 Å². The lowest BCUT2D eigenvalue weighted by atomic mass is 9.84. The molecule has 0 bridgehead atoms. The number of rotatable bonds is 11. The Hall–Kier alpha value is -5.92. The van der Waals surface area contributed by atoms with E-state index in [0.717, 1.165) is 36.0 Å². The van der Waals surface area contributed by atoms with Gasteiger partial charge in [0.25, 0.3) is 5.91 Å². The first kappa shape index (κ1) is 48.0. The highest BCUT2D eigenvalue weighted by molar-refractivity contribution is 5.95. The number of nitrogens with two attached hydrogens (primary N) is 2. The normalized spacial score (nSPS) is 20.9. The van der Waals surface area contributed by atoms with Crippen LogP contribution >= 0.6 is 0 Å². The first-order valence-corrected chi connectivity index (χ1v) is 23.2. The zero-order chi connectivity index (χ0) is 47.7. The van der Waals surface area contributed by atoms with Gasteiger partial charge in [-0.05, 0) is 89.5 Å². The van der Waals surface area contributed by atoms with Crippen LogP contribution in [0.5, 0.6) is 0 Å². The summed E-state index contributed by atoms with van der Waals surface area (Å²) in [5, 5.41) is 6.28. The number of halogens is 1. The number of fused-ring (bicyclic) bond motifs is 2. The third-order valence-corrected chi connectivity index (χ3v) is 13.8. The van der Waals surface area contributed by atoms with Crippen molar-refractivity contribution in [2.75, 3.05) is 6.54 Å². The fourth-order valence-electron chi connectivity index (χ4n) is 9.48. The smallest absolute Gasteiger partial charge is 0.251 e. The molecule has 7 rings (SSSR count). The van der Waals surface area contributed by atoms with Crippen LogP contribution < -0.4 is 22.1 Å². The minimum absolute atomic E-state index is 0.0533. The molecule has 3 aliphatic rings. The molecule has 350 valence electrons. The van der Waals surface area contributed by atoms with E-state index < -0.39 is 52.9 Å². The fourth-order valence-corrected chi connectivity index (χ4v) is 9.48. The molecule has 4 aromatic rings. The fraction of sp³-hybridized carbons (Fsp3) is 0.453. The lowest BCUT2D eigenvalue weighted by Gasteiger charge is -2.42. The van der Waals surface area contributed by atoms with Crippen molar-refractivity contribution in [2.24, 2.45) is 22.3 Å². The Morgan fingerprint density at radius 3 is 1.98 bits per heavy atom. The Morgan fingerprint density at radius 2 is 1.33 bits per heavy atom. The Kier molecular flexibility index (Phi) is 14.2. The molecular formula is C53H66FN7O5. The largest absolute Gasteiger partial charge is 0.347 e. The van der Waals surface area contributed by atoms with Crippen LogP contribution in [0.15, 0.2) is 97.1 Å². The van der Waals surface area contributed by atoms with Gasteiger partial charge in [0.15, 0.2) is 0 Å². The molecule has 0 spiro atoms. The molecule has 4 aromatic carbocycles. The molecular weight excluding hydrogens is 834 g/mol. The molecule has 1 fully saturated rings. The van der Waals surface area contributed by atoms with Crippen molar-refractivity contribution in [3.8, 4) is 0 Å². The Morgan fingerprint density at radius 1 is 0.742 bits per heavy atom. The zero-order valence-corrected chi connectivity index (χ0v) is 39.4. The molecule has 1 saturated heterocycles. The van der Waals surface area contributed by atoms with E-state index in [1.54, 1.807) is 59.2 Å². The van der Waals surface area contributed by atoms with Crippen LogP contribution in [0.1, 0.15) is 124 Å². The van der Waals surface area contributed by atoms with Crippen LogP contribution in [-0.4, -0.2) is 81.0 Å². The molecule has 2 heterocycles. The SMILES string of the molecule is C[C@H](c1ccccc1F)N(Cc1ccc(C(=O)N[C@H]2C[C@@H](C(=O)N[C@@H]3CCCc4ccccc43)N(C(=O)[C@@H](N)C(C)(C)C)C2)cc1)C(=O)[C@@H]1Cc2ccccc2CN1C(=O)C(N)C(C)(C)C. The van der Waals surface area contributed by atoms with Crippen LogP contribution in [0.3, 0.4) is 0 Å². The van der Waals surface area contributed by atoms with Gasteiger partial charge in [0.05, 0.1) is 24.2 Å². The summed E-state index contributed by atoms with van der Waals surface area (Å²) in [5.41, 5.74) is 17.4. The summed E-state index contributed by atoms with van der Waals surface area (Å²) < 4.78 is 15.5. The van der Waals surface area contributed by atoms with Crippen molar-refractivity contribution in [1.82, 2.24) is 25.3 Å². The zero-order valence-electron chi connectivity index (χ0n) is 39.4. The minimum atomic E-state index is -0.903. The summed E-state index contributed by atoms with van der Waals surface area (Å²) in [6.07, 6.45) is 3.14. The van der Waals surface area contributed by atoms with Gasteiger partial charge in [0.2, 0.25) is 23.6 Å². The molecule has 0 aromatic heterocycles. The number of nitrogens with zero attached hydrogens (tertiary/aromatic N) is 3. The maximum atomic E-state index is 15.5. The van der Waals surface area contributed by atoms with Gasteiger partial charge in [0.1, 0.15) is 17.9 Å². The number of likely N-dealkylation sites (tertiary alicyclic amines) is 1. The van der Waals surface area contributed by atoms with E-state index in [1.807, 2.05) is 84.0 Å². The van der Waals surface area contributed by atoms with Gasteiger partial charge >= 0.3 is 0 Å². The van der Waals surface area contributed by atoms with Gasteiger partial charge in [-0.2, -0.15) is 0 Å². The predicted molar refractivity (Wildman–Crippen MR) is 253 cm³/mol. The standard InChI is InChI=1S/C53H66FN7O5/c1-32(39-19-12-13-21-41(39)54)59(49(64)44-27-36-16-8-9-17-37(36)30-60(44)50(65)45(55)52(2,3)4)29-33-23-25-35(26-24-33)47(62)57-38-28-43(61(31-38)51(66)46(56)53(5,6)7)48(63)58-42-22-14-18-34-15-10-11-20-40(34)42/h8-13,15-17,19-21,23-26,32,38,42-46H,14,18,22,27-31,55-56H2,1-7H3,(H,57,62)(H,58,63)/t32-,38+,42-,43+,44+,45?,46-/m1/s1. The van der Waals surface area contributed by atoms with E-state index in [1.165, 1.54) is 16.5 Å². The second-order valence-electron chi connectivity index (χ2n) is 20.6. The molecule has 6 N–H and O–H groups in total. The van der Waals surface area contributed by atoms with E-state index in [0.29, 0.717) is 16.7 Å². The van der Waals surface area contributed by atoms with Crippen LogP contribution in [-0.2, 0) is 45.1 Å². The molecule has 66 heavy (non-hydrogen) atoms. The Labute approximate surface area is 388 Å². The second kappa shape index (κ2) is 19.5. The van der Waals surface area contributed by atoms with E-state index in [4.69, 9.17) is 11.5 Å². The van der Waals surface area contributed by atoms with Crippen molar-refractivity contribution in [3.63, 3.8) is 0 Å². The molecule has 1 unspecified atom stereocenters. The summed E-state index contributed by atoms with van der Waals surface area (Å²) in [7, 11) is 0. The topological polar surface area (TPSA) is 171 Å². The van der Waals surface area contributed by atoms with Gasteiger partial charge in [-0.15, -0.1) is 0 Å². The summed E-state index contributed by atoms with van der Waals surface area (Å²) in [6.45, 7) is 13.5. The molecule has 12 nitrogen and oxygen atoms in total. The Balaban J connectivity index is 1.11. The number of carbonyl (C=O) groups is 5. The third-order valence-electron chi connectivity index (χ3n) is 13.8. The third kappa shape index (κ3) is 10.4. The van der Waals surface area contributed by atoms with Gasteiger partial charge < -0.3 is 36.8 Å².